The van der Waals surface area contributed by atoms with Crippen molar-refractivity contribution in [2.45, 2.75) is 0 Å². The molecule has 9 heteroatoms. The molecule has 26 heavy (non-hydrogen) atoms. The number of morpholine rings is 1. The van der Waals surface area contributed by atoms with E-state index in [1.54, 1.807) is 24.4 Å². The van der Waals surface area contributed by atoms with Crippen molar-refractivity contribution in [2.24, 2.45) is 20.9 Å². The van der Waals surface area contributed by atoms with Crippen molar-refractivity contribution in [3.8, 4) is 0 Å². The lowest BCUT2D eigenvalue weighted by Crippen LogP contribution is -2.43. The summed E-state index contributed by atoms with van der Waals surface area (Å²) >= 11 is 0. The molecule has 1 aromatic rings. The van der Waals surface area contributed by atoms with Crippen LogP contribution in [0.25, 0.3) is 5.57 Å². The van der Waals surface area contributed by atoms with Gasteiger partial charge in [-0.15, -0.1) is 0 Å². The van der Waals surface area contributed by atoms with Gasteiger partial charge in [0, 0.05) is 31.4 Å². The Morgan fingerprint density at radius 3 is 2.58 bits per heavy atom. The molecule has 3 aliphatic rings. The molecule has 1 amide bonds. The second-order valence-electron chi connectivity index (χ2n) is 5.96. The van der Waals surface area contributed by atoms with Crippen molar-refractivity contribution in [1.29, 1.82) is 0 Å². The molecule has 1 atom stereocenters. The summed E-state index contributed by atoms with van der Waals surface area (Å²) in [5.74, 6) is -0.266. The van der Waals surface area contributed by atoms with E-state index in [1.807, 2.05) is 4.90 Å². The average molecular weight is 353 g/mol. The second kappa shape index (κ2) is 6.60. The van der Waals surface area contributed by atoms with Crippen LogP contribution in [-0.4, -0.2) is 60.0 Å². The predicted octanol–water partition coefficient (Wildman–Crippen LogP) is 1.31. The molecule has 1 fully saturated rings. The standard InChI is InChI=1S/C17H15N5O4/c23-16-14-13(11-1-3-12(4-2-11)22(24)25)5-6-18-15(14)19-17(20-16)21-7-9-26-10-8-21/h1-6,14H,7-10H2. The molecule has 4 rings (SSSR count). The molecular formula is C17H15N5O4. The Bertz CT molecular complexity index is 879. The maximum Gasteiger partial charge on any atom is 0.269 e. The summed E-state index contributed by atoms with van der Waals surface area (Å²) in [4.78, 5) is 37.8. The first-order chi connectivity index (χ1) is 12.6. The monoisotopic (exact) mass is 353 g/mol. The van der Waals surface area contributed by atoms with E-state index in [-0.39, 0.29) is 11.6 Å². The van der Waals surface area contributed by atoms with Gasteiger partial charge in [-0.05, 0) is 29.3 Å². The molecule has 0 radical (unpaired) electrons. The molecule has 0 aliphatic carbocycles. The van der Waals surface area contributed by atoms with Gasteiger partial charge in [-0.1, -0.05) is 0 Å². The van der Waals surface area contributed by atoms with Crippen LogP contribution in [0, 0.1) is 16.0 Å². The Balaban J connectivity index is 1.63. The third-order valence-electron chi connectivity index (χ3n) is 4.41. The van der Waals surface area contributed by atoms with Crippen molar-refractivity contribution >= 4 is 35.2 Å². The van der Waals surface area contributed by atoms with Gasteiger partial charge in [0.1, 0.15) is 11.8 Å². The van der Waals surface area contributed by atoms with Crippen LogP contribution in [0.3, 0.4) is 0 Å². The van der Waals surface area contributed by atoms with E-state index in [0.29, 0.717) is 49.2 Å². The van der Waals surface area contributed by atoms with Gasteiger partial charge in [0.15, 0.2) is 0 Å². The molecule has 3 heterocycles. The molecule has 3 aliphatic heterocycles. The predicted molar refractivity (Wildman–Crippen MR) is 95.3 cm³/mol. The van der Waals surface area contributed by atoms with E-state index in [0.717, 1.165) is 0 Å². The smallest absolute Gasteiger partial charge is 0.269 e. The zero-order chi connectivity index (χ0) is 18.1. The molecule has 1 saturated heterocycles. The fourth-order valence-electron chi connectivity index (χ4n) is 3.07. The van der Waals surface area contributed by atoms with Crippen molar-refractivity contribution in [1.82, 2.24) is 4.90 Å². The highest BCUT2D eigenvalue weighted by molar-refractivity contribution is 6.25. The maximum absolute atomic E-state index is 12.7. The summed E-state index contributed by atoms with van der Waals surface area (Å²) in [6.45, 7) is 2.39. The van der Waals surface area contributed by atoms with E-state index in [1.165, 1.54) is 12.1 Å². The lowest BCUT2D eigenvalue weighted by Gasteiger charge is -2.30. The number of benzene rings is 1. The SMILES string of the molecule is O=C1N=C(N2CCOCC2)N=C2N=CC=C(c3ccc([N+](=O)[O-])cc3)C12. The number of nitro groups is 1. The number of aliphatic imine (C=N–C) groups is 3. The second-order valence-corrected chi connectivity index (χ2v) is 5.96. The lowest BCUT2D eigenvalue weighted by molar-refractivity contribution is -0.384. The Morgan fingerprint density at radius 1 is 1.15 bits per heavy atom. The van der Waals surface area contributed by atoms with Gasteiger partial charge in [0.2, 0.25) is 5.96 Å². The number of rotatable bonds is 2. The van der Waals surface area contributed by atoms with Crippen LogP contribution in [-0.2, 0) is 9.53 Å². The van der Waals surface area contributed by atoms with Gasteiger partial charge >= 0.3 is 0 Å². The number of fused-ring (bicyclic) bond motifs is 1. The summed E-state index contributed by atoms with van der Waals surface area (Å²) in [5, 5.41) is 10.8. The summed E-state index contributed by atoms with van der Waals surface area (Å²) < 4.78 is 5.31. The number of nitrogens with zero attached hydrogens (tertiary/aromatic N) is 5. The summed E-state index contributed by atoms with van der Waals surface area (Å²) in [7, 11) is 0. The first-order valence-electron chi connectivity index (χ1n) is 8.16. The number of dihydropyridines is 1. The average Bonchev–Trinajstić information content (AvgIpc) is 2.68. The fraction of sp³-hybridized carbons (Fsp3) is 0.294. The number of guanidine groups is 1. The van der Waals surface area contributed by atoms with E-state index in [2.05, 4.69) is 15.0 Å². The lowest BCUT2D eigenvalue weighted by atomic mass is 9.88. The van der Waals surface area contributed by atoms with Crippen LogP contribution in [0.1, 0.15) is 5.56 Å². The molecule has 0 aromatic heterocycles. The fourth-order valence-corrected chi connectivity index (χ4v) is 3.07. The number of hydrogen-bond acceptors (Lipinski definition) is 7. The highest BCUT2D eigenvalue weighted by atomic mass is 16.6. The van der Waals surface area contributed by atoms with Crippen molar-refractivity contribution < 1.29 is 14.5 Å². The zero-order valence-electron chi connectivity index (χ0n) is 13.7. The first kappa shape index (κ1) is 16.3. The van der Waals surface area contributed by atoms with E-state index in [4.69, 9.17) is 4.74 Å². The minimum Gasteiger partial charge on any atom is -0.378 e. The highest BCUT2D eigenvalue weighted by Gasteiger charge is 2.35. The molecule has 9 nitrogen and oxygen atoms in total. The van der Waals surface area contributed by atoms with Crippen LogP contribution in [0.2, 0.25) is 0 Å². The molecular weight excluding hydrogens is 338 g/mol. The number of non-ortho nitro benzene ring substituents is 1. The third-order valence-corrected chi connectivity index (χ3v) is 4.41. The van der Waals surface area contributed by atoms with Crippen molar-refractivity contribution in [2.75, 3.05) is 26.3 Å². The number of nitro benzene ring substituents is 1. The van der Waals surface area contributed by atoms with Gasteiger partial charge in [-0.3, -0.25) is 14.9 Å². The Hall–Kier alpha value is -3.20. The van der Waals surface area contributed by atoms with Gasteiger partial charge in [-0.25, -0.2) is 4.99 Å². The zero-order valence-corrected chi connectivity index (χ0v) is 13.7. The number of amidine groups is 1. The van der Waals surface area contributed by atoms with E-state index < -0.39 is 10.8 Å². The highest BCUT2D eigenvalue weighted by Crippen LogP contribution is 2.31. The van der Waals surface area contributed by atoms with Crippen molar-refractivity contribution in [3.05, 3.63) is 46.0 Å². The first-order valence-corrected chi connectivity index (χ1v) is 8.16. The largest absolute Gasteiger partial charge is 0.378 e. The van der Waals surface area contributed by atoms with Crippen LogP contribution in [0.4, 0.5) is 5.69 Å². The topological polar surface area (TPSA) is 110 Å². The van der Waals surface area contributed by atoms with Crippen LogP contribution in [0.5, 0.6) is 0 Å². The Kier molecular flexibility index (Phi) is 4.13. The number of carbonyl (C=O) groups is 1. The normalized spacial score (nSPS) is 22.3. The molecule has 0 spiro atoms. The number of hydrogen-bond donors (Lipinski definition) is 0. The molecule has 1 aromatic carbocycles. The number of allylic oxidation sites excluding steroid dienone is 1. The summed E-state index contributed by atoms with van der Waals surface area (Å²) in [6, 6.07) is 6.06. The number of amides is 1. The van der Waals surface area contributed by atoms with Gasteiger partial charge in [0.25, 0.3) is 11.6 Å². The quantitative estimate of drug-likeness (QED) is 0.588. The minimum atomic E-state index is -0.689. The summed E-state index contributed by atoms with van der Waals surface area (Å²) in [5.41, 5.74) is 1.39. The van der Waals surface area contributed by atoms with Gasteiger partial charge in [0.05, 0.1) is 18.1 Å². The Labute approximate surface area is 148 Å². The molecule has 0 N–H and O–H groups in total. The van der Waals surface area contributed by atoms with Gasteiger partial charge < -0.3 is 9.64 Å². The van der Waals surface area contributed by atoms with Crippen molar-refractivity contribution in [3.63, 3.8) is 0 Å². The Morgan fingerprint density at radius 2 is 1.88 bits per heavy atom. The maximum atomic E-state index is 12.7. The molecule has 0 saturated carbocycles. The van der Waals surface area contributed by atoms with Gasteiger partial charge in [-0.2, -0.15) is 9.98 Å². The van der Waals surface area contributed by atoms with Crippen LogP contribution in [0.15, 0.2) is 45.3 Å². The molecule has 1 unspecified atom stereocenters. The molecule has 0 bridgehead atoms. The number of carbonyl (C=O) groups excluding carboxylic acids is 1. The van der Waals surface area contributed by atoms with E-state index in [9.17, 15) is 14.9 Å². The van der Waals surface area contributed by atoms with Crippen LogP contribution < -0.4 is 0 Å². The third kappa shape index (κ3) is 2.93. The summed E-state index contributed by atoms with van der Waals surface area (Å²) in [6.07, 6.45) is 3.31. The number of ether oxygens (including phenoxy) is 1. The van der Waals surface area contributed by atoms with E-state index >= 15 is 0 Å². The molecule has 132 valence electrons. The van der Waals surface area contributed by atoms with Crippen LogP contribution >= 0.6 is 0 Å². The minimum absolute atomic E-state index is 0.00434.